The summed E-state index contributed by atoms with van der Waals surface area (Å²) >= 11 is 0. The lowest BCUT2D eigenvalue weighted by Gasteiger charge is -2.32. The van der Waals surface area contributed by atoms with Crippen LogP contribution in [0.5, 0.6) is 5.75 Å². The molecule has 0 atom stereocenters. The molecule has 24 heavy (non-hydrogen) atoms. The summed E-state index contributed by atoms with van der Waals surface area (Å²) in [4.78, 5) is 10.8. The lowest BCUT2D eigenvalue weighted by Crippen LogP contribution is -2.41. The van der Waals surface area contributed by atoms with Crippen molar-refractivity contribution < 1.29 is 32.7 Å². The summed E-state index contributed by atoms with van der Waals surface area (Å²) in [6, 6.07) is 4.56. The van der Waals surface area contributed by atoms with E-state index in [0.29, 0.717) is 11.9 Å². The topological polar surface area (TPSA) is 65.0 Å². The molecular weight excluding hydrogens is 321 g/mol. The van der Waals surface area contributed by atoms with Crippen LogP contribution in [-0.2, 0) is 26.8 Å². The minimum absolute atomic E-state index is 0.138. The highest BCUT2D eigenvalue weighted by Gasteiger charge is 2.50. The van der Waals surface area contributed by atoms with Gasteiger partial charge < -0.3 is 19.2 Å². The van der Waals surface area contributed by atoms with Gasteiger partial charge in [-0.05, 0) is 39.3 Å². The van der Waals surface area contributed by atoms with Crippen molar-refractivity contribution in [2.45, 2.75) is 58.2 Å². The van der Waals surface area contributed by atoms with Crippen LogP contribution in [0.4, 0.5) is 8.78 Å². The zero-order valence-corrected chi connectivity index (χ0v) is 14.1. The number of aliphatic carboxylic acids is 1. The van der Waals surface area contributed by atoms with Crippen molar-refractivity contribution in [2.75, 3.05) is 0 Å². The third kappa shape index (κ3) is 4.24. The molecule has 0 spiro atoms. The Hall–Kier alpha value is -1.67. The molecule has 1 saturated heterocycles. The maximum Gasteiger partial charge on any atom is 0.462 e. The third-order valence-corrected chi connectivity index (χ3v) is 4.39. The van der Waals surface area contributed by atoms with Crippen molar-refractivity contribution in [1.82, 2.24) is 0 Å². The fourth-order valence-electron chi connectivity index (χ4n) is 2.48. The van der Waals surface area contributed by atoms with Crippen molar-refractivity contribution in [3.05, 3.63) is 29.3 Å². The van der Waals surface area contributed by atoms with Gasteiger partial charge in [0.15, 0.2) is 0 Å². The van der Waals surface area contributed by atoms with Crippen LogP contribution in [-0.4, -0.2) is 36.0 Å². The van der Waals surface area contributed by atoms with E-state index in [2.05, 4.69) is 4.74 Å². The molecule has 1 aliphatic heterocycles. The molecule has 0 saturated carbocycles. The lowest BCUT2D eigenvalue weighted by molar-refractivity contribution is -0.136. The highest BCUT2D eigenvalue weighted by Crippen LogP contribution is 2.37. The maximum atomic E-state index is 12.6. The van der Waals surface area contributed by atoms with Gasteiger partial charge in [-0.15, -0.1) is 0 Å². The highest BCUT2D eigenvalue weighted by molar-refractivity contribution is 6.45. The molecule has 0 unspecified atom stereocenters. The SMILES string of the molecule is CC1(C)OB(Cc2ccc(CC(=O)O)c(OC(F)F)c2)OC1(C)C. The molecular formula is C16H21BF2O5. The normalized spacial score (nSPS) is 18.9. The van der Waals surface area contributed by atoms with Gasteiger partial charge in [0.1, 0.15) is 5.75 Å². The summed E-state index contributed by atoms with van der Waals surface area (Å²) in [5, 5.41) is 8.86. The molecule has 132 valence electrons. The van der Waals surface area contributed by atoms with Gasteiger partial charge in [-0.1, -0.05) is 12.1 Å². The van der Waals surface area contributed by atoms with Crippen LogP contribution >= 0.6 is 0 Å². The fraction of sp³-hybridized carbons (Fsp3) is 0.562. The Morgan fingerprint density at radius 1 is 1.25 bits per heavy atom. The molecule has 1 aromatic carbocycles. The van der Waals surface area contributed by atoms with Crippen LogP contribution < -0.4 is 4.74 Å². The Labute approximate surface area is 140 Å². The van der Waals surface area contributed by atoms with Crippen molar-refractivity contribution in [1.29, 1.82) is 0 Å². The molecule has 0 bridgehead atoms. The quantitative estimate of drug-likeness (QED) is 0.805. The minimum atomic E-state index is -3.02. The molecule has 1 aromatic rings. The van der Waals surface area contributed by atoms with E-state index in [1.165, 1.54) is 12.1 Å². The average Bonchev–Trinajstić information content (AvgIpc) is 2.59. The maximum absolute atomic E-state index is 12.6. The molecule has 0 aromatic heterocycles. The minimum Gasteiger partial charge on any atom is -0.481 e. The van der Waals surface area contributed by atoms with E-state index in [1.807, 2.05) is 27.7 Å². The van der Waals surface area contributed by atoms with Gasteiger partial charge in [0.2, 0.25) is 0 Å². The highest BCUT2D eigenvalue weighted by atomic mass is 19.3. The van der Waals surface area contributed by atoms with Crippen LogP contribution in [0.2, 0.25) is 0 Å². The predicted octanol–water partition coefficient (Wildman–Crippen LogP) is 3.09. The lowest BCUT2D eigenvalue weighted by atomic mass is 9.80. The Bertz CT molecular complexity index is 602. The molecule has 1 N–H and O–H groups in total. The van der Waals surface area contributed by atoms with E-state index < -0.39 is 37.3 Å². The largest absolute Gasteiger partial charge is 0.481 e. The van der Waals surface area contributed by atoms with E-state index in [9.17, 15) is 13.6 Å². The molecule has 0 aliphatic carbocycles. The van der Waals surface area contributed by atoms with Crippen LogP contribution in [0.15, 0.2) is 18.2 Å². The van der Waals surface area contributed by atoms with E-state index >= 15 is 0 Å². The number of halogens is 2. The van der Waals surface area contributed by atoms with Gasteiger partial charge in [-0.25, -0.2) is 0 Å². The zero-order chi connectivity index (χ0) is 18.1. The van der Waals surface area contributed by atoms with Gasteiger partial charge in [-0.2, -0.15) is 8.78 Å². The summed E-state index contributed by atoms with van der Waals surface area (Å²) in [5.74, 6) is -1.26. The molecule has 1 fully saturated rings. The van der Waals surface area contributed by atoms with Crippen LogP contribution in [0.1, 0.15) is 38.8 Å². The number of carbonyl (C=O) groups is 1. The summed E-state index contributed by atoms with van der Waals surface area (Å²) < 4.78 is 41.3. The average molecular weight is 342 g/mol. The zero-order valence-electron chi connectivity index (χ0n) is 14.1. The molecule has 8 heteroatoms. The fourth-order valence-corrected chi connectivity index (χ4v) is 2.48. The smallest absolute Gasteiger partial charge is 0.462 e. The first-order valence-electron chi connectivity index (χ1n) is 7.64. The number of hydrogen-bond donors (Lipinski definition) is 1. The molecule has 5 nitrogen and oxygen atoms in total. The van der Waals surface area contributed by atoms with Crippen LogP contribution in [0, 0.1) is 0 Å². The summed E-state index contributed by atoms with van der Waals surface area (Å²) in [7, 11) is -0.514. The van der Waals surface area contributed by atoms with Crippen LogP contribution in [0.25, 0.3) is 0 Å². The predicted molar refractivity (Wildman–Crippen MR) is 84.2 cm³/mol. The number of ether oxygens (including phenoxy) is 1. The molecule has 1 aliphatic rings. The number of carboxylic acid groups (broad SMARTS) is 1. The standard InChI is InChI=1S/C16H21BF2O5/c1-15(2)16(3,4)24-17(23-15)9-10-5-6-11(8-13(20)21)12(7-10)22-14(18)19/h5-7,14H,8-9H2,1-4H3,(H,20,21). The Kier molecular flexibility index (Phi) is 5.20. The van der Waals surface area contributed by atoms with E-state index in [1.54, 1.807) is 6.07 Å². The monoisotopic (exact) mass is 342 g/mol. The van der Waals surface area contributed by atoms with Gasteiger partial charge in [0, 0.05) is 11.9 Å². The molecule has 0 radical (unpaired) electrons. The van der Waals surface area contributed by atoms with Gasteiger partial charge in [0.05, 0.1) is 17.6 Å². The second-order valence-electron chi connectivity index (χ2n) is 6.78. The van der Waals surface area contributed by atoms with Crippen LogP contribution in [0.3, 0.4) is 0 Å². The van der Waals surface area contributed by atoms with Gasteiger partial charge >= 0.3 is 19.7 Å². The van der Waals surface area contributed by atoms with Crippen molar-refractivity contribution in [3.63, 3.8) is 0 Å². The summed E-state index contributed by atoms with van der Waals surface area (Å²) in [6.07, 6.45) is -0.0430. The number of benzene rings is 1. The first kappa shape index (κ1) is 18.7. The summed E-state index contributed by atoms with van der Waals surface area (Å²) in [5.41, 5.74) is -0.106. The first-order chi connectivity index (χ1) is 11.0. The third-order valence-electron chi connectivity index (χ3n) is 4.39. The number of rotatable bonds is 6. The van der Waals surface area contributed by atoms with Crippen molar-refractivity contribution in [2.24, 2.45) is 0 Å². The Morgan fingerprint density at radius 2 is 1.83 bits per heavy atom. The van der Waals surface area contributed by atoms with Gasteiger partial charge in [0.25, 0.3) is 0 Å². The van der Waals surface area contributed by atoms with E-state index in [-0.39, 0.29) is 11.3 Å². The number of hydrogen-bond acceptors (Lipinski definition) is 4. The molecule has 0 amide bonds. The molecule has 2 rings (SSSR count). The van der Waals surface area contributed by atoms with E-state index in [0.717, 1.165) is 0 Å². The number of carboxylic acids is 1. The van der Waals surface area contributed by atoms with Crippen molar-refractivity contribution in [3.8, 4) is 5.75 Å². The Morgan fingerprint density at radius 3 is 2.33 bits per heavy atom. The second-order valence-corrected chi connectivity index (χ2v) is 6.78. The van der Waals surface area contributed by atoms with Crippen molar-refractivity contribution >= 4 is 13.1 Å². The first-order valence-corrected chi connectivity index (χ1v) is 7.64. The Balaban J connectivity index is 2.18. The molecule has 1 heterocycles. The summed E-state index contributed by atoms with van der Waals surface area (Å²) in [6.45, 7) is 4.68. The number of alkyl halides is 2. The second kappa shape index (κ2) is 6.68. The van der Waals surface area contributed by atoms with E-state index in [4.69, 9.17) is 14.4 Å². The van der Waals surface area contributed by atoms with Gasteiger partial charge in [-0.3, -0.25) is 4.79 Å².